The Morgan fingerprint density at radius 3 is 3.00 bits per heavy atom. The summed E-state index contributed by atoms with van der Waals surface area (Å²) in [5, 5.41) is 2.87. The molecule has 3 rings (SSSR count). The molecule has 0 saturated carbocycles. The first kappa shape index (κ1) is 18.1. The molecule has 1 atom stereocenters. The largest absolute Gasteiger partial charge is 0.383 e. The Labute approximate surface area is 153 Å². The number of aromatic nitrogens is 2. The average Bonchev–Trinajstić information content (AvgIpc) is 3.18. The number of nitrogens with one attached hydrogen (secondary N) is 1. The Morgan fingerprint density at radius 2 is 2.23 bits per heavy atom. The van der Waals surface area contributed by atoms with Crippen LogP contribution in [0.5, 0.6) is 0 Å². The van der Waals surface area contributed by atoms with E-state index >= 15 is 0 Å². The minimum atomic E-state index is -0.175. The minimum Gasteiger partial charge on any atom is -0.383 e. The van der Waals surface area contributed by atoms with Crippen LogP contribution in [0.3, 0.4) is 0 Å². The number of piperidine rings is 1. The summed E-state index contributed by atoms with van der Waals surface area (Å²) in [7, 11) is 1.60. The van der Waals surface area contributed by atoms with E-state index in [1.165, 1.54) is 0 Å². The van der Waals surface area contributed by atoms with Gasteiger partial charge >= 0.3 is 0 Å². The molecule has 2 amide bonds. The molecular weight excluding hydrogens is 332 g/mol. The second-order valence-electron chi connectivity index (χ2n) is 6.35. The SMILES string of the molecule is COCCNC(=O)[C@@H]1CCCN(C(=O)c2cccn2-c2cccnc2)C1. The first-order valence-electron chi connectivity index (χ1n) is 8.84. The summed E-state index contributed by atoms with van der Waals surface area (Å²) < 4.78 is 6.79. The van der Waals surface area contributed by atoms with Crippen LogP contribution in [-0.4, -0.2) is 59.6 Å². The van der Waals surface area contributed by atoms with Crippen LogP contribution >= 0.6 is 0 Å². The predicted molar refractivity (Wildman–Crippen MR) is 97.1 cm³/mol. The van der Waals surface area contributed by atoms with Gasteiger partial charge in [-0.15, -0.1) is 0 Å². The second-order valence-corrected chi connectivity index (χ2v) is 6.35. The molecule has 1 aliphatic heterocycles. The van der Waals surface area contributed by atoms with Crippen LogP contribution in [0.1, 0.15) is 23.3 Å². The molecule has 0 bridgehead atoms. The van der Waals surface area contributed by atoms with Gasteiger partial charge in [0.25, 0.3) is 5.91 Å². The van der Waals surface area contributed by atoms with E-state index in [0.717, 1.165) is 18.5 Å². The number of carbonyl (C=O) groups is 2. The van der Waals surface area contributed by atoms with Gasteiger partial charge in [-0.1, -0.05) is 0 Å². The van der Waals surface area contributed by atoms with E-state index in [0.29, 0.717) is 31.9 Å². The summed E-state index contributed by atoms with van der Waals surface area (Å²) in [6.07, 6.45) is 6.89. The van der Waals surface area contributed by atoms with Crippen molar-refractivity contribution < 1.29 is 14.3 Å². The highest BCUT2D eigenvalue weighted by atomic mass is 16.5. The van der Waals surface area contributed by atoms with Gasteiger partial charge in [0.2, 0.25) is 5.91 Å². The highest BCUT2D eigenvalue weighted by molar-refractivity contribution is 5.94. The molecule has 7 nitrogen and oxygen atoms in total. The lowest BCUT2D eigenvalue weighted by atomic mass is 9.97. The third-order valence-corrected chi connectivity index (χ3v) is 4.58. The molecule has 0 aromatic carbocycles. The molecule has 1 aliphatic rings. The molecule has 138 valence electrons. The highest BCUT2D eigenvalue weighted by Crippen LogP contribution is 2.20. The quantitative estimate of drug-likeness (QED) is 0.796. The monoisotopic (exact) mass is 356 g/mol. The molecule has 26 heavy (non-hydrogen) atoms. The zero-order valence-electron chi connectivity index (χ0n) is 14.9. The normalized spacial score (nSPS) is 17.1. The minimum absolute atomic E-state index is 0.0119. The van der Waals surface area contributed by atoms with Crippen LogP contribution in [0.25, 0.3) is 5.69 Å². The number of methoxy groups -OCH3 is 1. The van der Waals surface area contributed by atoms with Crippen LogP contribution in [0.2, 0.25) is 0 Å². The number of rotatable bonds is 6. The lowest BCUT2D eigenvalue weighted by Gasteiger charge is -2.32. The molecule has 1 fully saturated rings. The van der Waals surface area contributed by atoms with Crippen molar-refractivity contribution >= 4 is 11.8 Å². The summed E-state index contributed by atoms with van der Waals surface area (Å²) in [5.41, 5.74) is 1.42. The van der Waals surface area contributed by atoms with Crippen molar-refractivity contribution in [1.82, 2.24) is 19.8 Å². The molecule has 7 heteroatoms. The third-order valence-electron chi connectivity index (χ3n) is 4.58. The van der Waals surface area contributed by atoms with Crippen molar-refractivity contribution in [3.05, 3.63) is 48.5 Å². The molecule has 0 unspecified atom stereocenters. The van der Waals surface area contributed by atoms with Gasteiger partial charge in [-0.2, -0.15) is 0 Å². The molecule has 0 spiro atoms. The average molecular weight is 356 g/mol. The fourth-order valence-electron chi connectivity index (χ4n) is 3.23. The van der Waals surface area contributed by atoms with E-state index in [2.05, 4.69) is 10.3 Å². The van der Waals surface area contributed by atoms with Crippen LogP contribution in [0.4, 0.5) is 0 Å². The second kappa shape index (κ2) is 8.62. The van der Waals surface area contributed by atoms with E-state index in [4.69, 9.17) is 4.74 Å². The number of hydrogen-bond acceptors (Lipinski definition) is 4. The zero-order chi connectivity index (χ0) is 18.4. The van der Waals surface area contributed by atoms with Crippen LogP contribution in [-0.2, 0) is 9.53 Å². The number of ether oxygens (including phenoxy) is 1. The number of pyridine rings is 1. The Bertz CT molecular complexity index is 744. The molecule has 0 radical (unpaired) electrons. The van der Waals surface area contributed by atoms with E-state index < -0.39 is 0 Å². The number of hydrogen-bond donors (Lipinski definition) is 1. The summed E-state index contributed by atoms with van der Waals surface area (Å²) in [4.78, 5) is 31.2. The first-order chi connectivity index (χ1) is 12.7. The summed E-state index contributed by atoms with van der Waals surface area (Å²) in [6, 6.07) is 7.40. The van der Waals surface area contributed by atoms with Crippen molar-refractivity contribution in [2.45, 2.75) is 12.8 Å². The van der Waals surface area contributed by atoms with Gasteiger partial charge in [0, 0.05) is 39.1 Å². The predicted octanol–water partition coefficient (Wildman–Crippen LogP) is 1.49. The molecule has 2 aromatic heterocycles. The lowest BCUT2D eigenvalue weighted by molar-refractivity contribution is -0.126. The van der Waals surface area contributed by atoms with Gasteiger partial charge in [0.1, 0.15) is 5.69 Å². The van der Waals surface area contributed by atoms with Crippen molar-refractivity contribution in [2.75, 3.05) is 33.4 Å². The Balaban J connectivity index is 1.69. The summed E-state index contributed by atoms with van der Waals surface area (Å²) >= 11 is 0. The molecule has 0 aliphatic carbocycles. The molecule has 3 heterocycles. The highest BCUT2D eigenvalue weighted by Gasteiger charge is 2.29. The van der Waals surface area contributed by atoms with Crippen LogP contribution < -0.4 is 5.32 Å². The lowest BCUT2D eigenvalue weighted by Crippen LogP contribution is -2.46. The summed E-state index contributed by atoms with van der Waals surface area (Å²) in [5.74, 6) is -0.248. The van der Waals surface area contributed by atoms with Gasteiger partial charge < -0.3 is 19.5 Å². The Morgan fingerprint density at radius 1 is 1.35 bits per heavy atom. The van der Waals surface area contributed by atoms with Crippen molar-refractivity contribution in [3.63, 3.8) is 0 Å². The van der Waals surface area contributed by atoms with E-state index in [1.807, 2.05) is 29.0 Å². The van der Waals surface area contributed by atoms with E-state index in [1.54, 1.807) is 30.5 Å². The third kappa shape index (κ3) is 4.11. The number of carbonyl (C=O) groups excluding carboxylic acids is 2. The number of likely N-dealkylation sites (tertiary alicyclic amines) is 1. The van der Waals surface area contributed by atoms with Crippen molar-refractivity contribution in [3.8, 4) is 5.69 Å². The molecular formula is C19H24N4O3. The number of amides is 2. The molecule has 1 N–H and O–H groups in total. The maximum absolute atomic E-state index is 13.0. The van der Waals surface area contributed by atoms with Crippen LogP contribution in [0.15, 0.2) is 42.9 Å². The number of nitrogens with zero attached hydrogens (tertiary/aromatic N) is 3. The fraction of sp³-hybridized carbons (Fsp3) is 0.421. The van der Waals surface area contributed by atoms with Gasteiger partial charge in [-0.05, 0) is 37.1 Å². The van der Waals surface area contributed by atoms with Crippen molar-refractivity contribution in [2.24, 2.45) is 5.92 Å². The smallest absolute Gasteiger partial charge is 0.270 e. The van der Waals surface area contributed by atoms with Crippen molar-refractivity contribution in [1.29, 1.82) is 0 Å². The molecule has 2 aromatic rings. The maximum atomic E-state index is 13.0. The topological polar surface area (TPSA) is 76.5 Å². The van der Waals surface area contributed by atoms with Gasteiger partial charge in [0.05, 0.1) is 24.4 Å². The standard InChI is InChI=1S/C19H24N4O3/c1-26-12-9-21-18(24)15-5-3-10-22(14-15)19(25)17-7-4-11-23(17)16-6-2-8-20-13-16/h2,4,6-8,11,13,15H,3,5,9-10,12,14H2,1H3,(H,21,24)/t15-/m1/s1. The zero-order valence-corrected chi connectivity index (χ0v) is 14.9. The molecule has 1 saturated heterocycles. The van der Waals surface area contributed by atoms with Gasteiger partial charge in [-0.3, -0.25) is 14.6 Å². The summed E-state index contributed by atoms with van der Waals surface area (Å²) in [6.45, 7) is 2.08. The Hall–Kier alpha value is -2.67. The Kier molecular flexibility index (Phi) is 6.01. The van der Waals surface area contributed by atoms with E-state index in [9.17, 15) is 9.59 Å². The van der Waals surface area contributed by atoms with E-state index in [-0.39, 0.29) is 17.7 Å². The maximum Gasteiger partial charge on any atom is 0.270 e. The van der Waals surface area contributed by atoms with Crippen LogP contribution in [0, 0.1) is 5.92 Å². The first-order valence-corrected chi connectivity index (χ1v) is 8.84. The fourth-order valence-corrected chi connectivity index (χ4v) is 3.23. The van der Waals surface area contributed by atoms with Gasteiger partial charge in [0.15, 0.2) is 0 Å². The van der Waals surface area contributed by atoms with Gasteiger partial charge in [-0.25, -0.2) is 0 Å².